The summed E-state index contributed by atoms with van der Waals surface area (Å²) in [5, 5.41) is 17.0. The largest absolute Gasteiger partial charge is 0.389 e. The molecule has 0 spiro atoms. The molecule has 2 fully saturated rings. The number of rotatable bonds is 5. The summed E-state index contributed by atoms with van der Waals surface area (Å²) in [5.74, 6) is -0.0931. The van der Waals surface area contributed by atoms with Gasteiger partial charge in [-0.1, -0.05) is 53.5 Å². The Labute approximate surface area is 220 Å². The molecule has 36 heavy (non-hydrogen) atoms. The minimum absolute atomic E-state index is 0.0824. The third kappa shape index (κ3) is 7.11. The van der Waals surface area contributed by atoms with Crippen molar-refractivity contribution >= 4 is 40.8 Å². The SMILES string of the molecule is C[C@H](NC(=O)C[C@H]1CC[C@H]2[C@@H](COC[C@@H](O)CN2C(=O)Nc2cc(Cl)cc(Cl)c2)O1)c1ccccc1. The molecule has 3 amide bonds. The van der Waals surface area contributed by atoms with Crippen LogP contribution in [-0.4, -0.2) is 66.1 Å². The second-order valence-corrected chi connectivity index (χ2v) is 10.2. The lowest BCUT2D eigenvalue weighted by Gasteiger charge is -2.44. The van der Waals surface area contributed by atoms with Gasteiger partial charge in [0.1, 0.15) is 6.10 Å². The number of nitrogens with zero attached hydrogens (tertiary/aromatic N) is 1. The van der Waals surface area contributed by atoms with Crippen LogP contribution in [0, 0.1) is 0 Å². The zero-order valence-corrected chi connectivity index (χ0v) is 21.5. The number of ether oxygens (including phenoxy) is 2. The van der Waals surface area contributed by atoms with Gasteiger partial charge in [-0.2, -0.15) is 0 Å². The average Bonchev–Trinajstić information content (AvgIpc) is 2.81. The maximum absolute atomic E-state index is 13.2. The number of nitrogens with one attached hydrogen (secondary N) is 2. The first-order valence-corrected chi connectivity index (χ1v) is 12.8. The zero-order chi connectivity index (χ0) is 25.7. The molecule has 2 aromatic rings. The van der Waals surface area contributed by atoms with Crippen LogP contribution in [0.15, 0.2) is 48.5 Å². The first-order chi connectivity index (χ1) is 17.3. The second kappa shape index (κ2) is 12.3. The standard InChI is InChI=1S/C26H31Cl2N3O5/c1-16(17-5-3-2-4-6-17)29-25(33)12-22-7-8-23-24(36-22)15-35-14-21(32)13-31(23)26(34)30-20-10-18(27)9-19(28)11-20/h2-6,9-11,16,21-24,32H,7-8,12-15H2,1H3,(H,29,33)(H,30,34)/t16-,21-,22+,23-,24+/m0/s1. The van der Waals surface area contributed by atoms with Crippen LogP contribution in [0.2, 0.25) is 10.0 Å². The highest BCUT2D eigenvalue weighted by Crippen LogP contribution is 2.29. The minimum atomic E-state index is -0.831. The number of anilines is 1. The Morgan fingerprint density at radius 3 is 2.56 bits per heavy atom. The predicted octanol–water partition coefficient (Wildman–Crippen LogP) is 4.40. The highest BCUT2D eigenvalue weighted by atomic mass is 35.5. The lowest BCUT2D eigenvalue weighted by atomic mass is 9.94. The monoisotopic (exact) mass is 535 g/mol. The number of carbonyl (C=O) groups is 2. The summed E-state index contributed by atoms with van der Waals surface area (Å²) in [7, 11) is 0. The van der Waals surface area contributed by atoms with E-state index in [1.165, 1.54) is 0 Å². The Morgan fingerprint density at radius 2 is 1.83 bits per heavy atom. The summed E-state index contributed by atoms with van der Waals surface area (Å²) in [4.78, 5) is 27.5. The van der Waals surface area contributed by atoms with Crippen LogP contribution in [-0.2, 0) is 14.3 Å². The van der Waals surface area contributed by atoms with E-state index in [2.05, 4.69) is 10.6 Å². The first-order valence-electron chi connectivity index (χ1n) is 12.1. The molecule has 0 bridgehead atoms. The molecule has 0 aliphatic carbocycles. The van der Waals surface area contributed by atoms with Crippen molar-refractivity contribution in [1.82, 2.24) is 10.2 Å². The molecular formula is C26H31Cl2N3O5. The van der Waals surface area contributed by atoms with E-state index in [1.54, 1.807) is 23.1 Å². The van der Waals surface area contributed by atoms with Crippen molar-refractivity contribution in [2.45, 2.75) is 56.6 Å². The molecular weight excluding hydrogens is 505 g/mol. The van der Waals surface area contributed by atoms with Crippen LogP contribution >= 0.6 is 23.2 Å². The number of aliphatic hydroxyl groups is 1. The topological polar surface area (TPSA) is 100 Å². The van der Waals surface area contributed by atoms with Gasteiger partial charge in [0, 0.05) is 15.7 Å². The highest BCUT2D eigenvalue weighted by molar-refractivity contribution is 6.35. The van der Waals surface area contributed by atoms with Crippen LogP contribution in [0.25, 0.3) is 0 Å². The quantitative estimate of drug-likeness (QED) is 0.526. The van der Waals surface area contributed by atoms with Crippen molar-refractivity contribution in [3.05, 3.63) is 64.1 Å². The molecule has 8 nitrogen and oxygen atoms in total. The van der Waals surface area contributed by atoms with Gasteiger partial charge in [0.05, 0.1) is 50.5 Å². The van der Waals surface area contributed by atoms with E-state index >= 15 is 0 Å². The molecule has 2 saturated heterocycles. The molecule has 2 aliphatic heterocycles. The number of halogens is 2. The van der Waals surface area contributed by atoms with Crippen molar-refractivity contribution in [2.24, 2.45) is 0 Å². The molecule has 2 aromatic carbocycles. The van der Waals surface area contributed by atoms with Crippen LogP contribution < -0.4 is 10.6 Å². The van der Waals surface area contributed by atoms with Crippen molar-refractivity contribution < 1.29 is 24.2 Å². The number of β-amino-alcohol motifs (C(OH)–C–C–N with tert-alkyl or cyclic N) is 1. The number of urea groups is 1. The van der Waals surface area contributed by atoms with Crippen molar-refractivity contribution in [2.75, 3.05) is 25.1 Å². The fourth-order valence-electron chi connectivity index (χ4n) is 4.73. The number of hydrogen-bond donors (Lipinski definition) is 3. The predicted molar refractivity (Wildman–Crippen MR) is 138 cm³/mol. The number of hydrogen-bond acceptors (Lipinski definition) is 5. The average molecular weight is 536 g/mol. The van der Waals surface area contributed by atoms with Gasteiger partial charge in [-0.3, -0.25) is 4.79 Å². The van der Waals surface area contributed by atoms with Gasteiger partial charge in [0.25, 0.3) is 0 Å². The number of fused-ring (bicyclic) bond motifs is 1. The molecule has 2 heterocycles. The van der Waals surface area contributed by atoms with E-state index in [-0.39, 0.29) is 56.3 Å². The van der Waals surface area contributed by atoms with E-state index in [0.717, 1.165) is 5.56 Å². The molecule has 0 unspecified atom stereocenters. The molecule has 0 radical (unpaired) electrons. The van der Waals surface area contributed by atoms with Crippen molar-refractivity contribution in [1.29, 1.82) is 0 Å². The van der Waals surface area contributed by atoms with Gasteiger partial charge in [-0.15, -0.1) is 0 Å². The van der Waals surface area contributed by atoms with Crippen LogP contribution in [0.4, 0.5) is 10.5 Å². The van der Waals surface area contributed by atoms with Gasteiger partial charge < -0.3 is 30.1 Å². The maximum Gasteiger partial charge on any atom is 0.322 e. The van der Waals surface area contributed by atoms with Crippen LogP contribution in [0.1, 0.15) is 37.8 Å². The number of aliphatic hydroxyl groups excluding tert-OH is 1. The number of carbonyl (C=O) groups excluding carboxylic acids is 2. The lowest BCUT2D eigenvalue weighted by Crippen LogP contribution is -2.58. The van der Waals surface area contributed by atoms with E-state index in [0.29, 0.717) is 28.6 Å². The Balaban J connectivity index is 1.39. The maximum atomic E-state index is 13.2. The van der Waals surface area contributed by atoms with Gasteiger partial charge in [0.2, 0.25) is 5.91 Å². The van der Waals surface area contributed by atoms with E-state index in [1.807, 2.05) is 37.3 Å². The number of benzene rings is 2. The summed E-state index contributed by atoms with van der Waals surface area (Å²) in [6, 6.07) is 13.7. The van der Waals surface area contributed by atoms with Crippen molar-refractivity contribution in [3.8, 4) is 0 Å². The molecule has 5 atom stereocenters. The Morgan fingerprint density at radius 1 is 1.11 bits per heavy atom. The third-order valence-corrected chi connectivity index (χ3v) is 6.88. The van der Waals surface area contributed by atoms with Crippen molar-refractivity contribution in [3.63, 3.8) is 0 Å². The molecule has 3 N–H and O–H groups in total. The first kappa shape index (κ1) is 26.7. The Bertz CT molecular complexity index is 1040. The Kier molecular flexibility index (Phi) is 9.09. The van der Waals surface area contributed by atoms with Gasteiger partial charge >= 0.3 is 6.03 Å². The summed E-state index contributed by atoms with van der Waals surface area (Å²) < 4.78 is 11.9. The summed E-state index contributed by atoms with van der Waals surface area (Å²) in [6.45, 7) is 2.33. The Hall–Kier alpha value is -2.36. The van der Waals surface area contributed by atoms with Gasteiger partial charge in [0.15, 0.2) is 0 Å². The minimum Gasteiger partial charge on any atom is -0.389 e. The van der Waals surface area contributed by atoms with Crippen LogP contribution in [0.5, 0.6) is 0 Å². The molecule has 0 saturated carbocycles. The summed E-state index contributed by atoms with van der Waals surface area (Å²) in [6.07, 6.45) is -0.130. The summed E-state index contributed by atoms with van der Waals surface area (Å²) >= 11 is 12.1. The van der Waals surface area contributed by atoms with E-state index in [4.69, 9.17) is 32.7 Å². The molecule has 4 rings (SSSR count). The van der Waals surface area contributed by atoms with Crippen LogP contribution in [0.3, 0.4) is 0 Å². The molecule has 10 heteroatoms. The van der Waals surface area contributed by atoms with Gasteiger partial charge in [-0.05, 0) is 43.5 Å². The van der Waals surface area contributed by atoms with Gasteiger partial charge in [-0.25, -0.2) is 4.79 Å². The third-order valence-electron chi connectivity index (χ3n) is 6.45. The normalized spacial score (nSPS) is 25.2. The fourth-order valence-corrected chi connectivity index (χ4v) is 5.25. The second-order valence-electron chi connectivity index (χ2n) is 9.28. The zero-order valence-electron chi connectivity index (χ0n) is 20.0. The molecule has 0 aromatic heterocycles. The molecule has 194 valence electrons. The smallest absolute Gasteiger partial charge is 0.322 e. The van der Waals surface area contributed by atoms with E-state index < -0.39 is 12.2 Å². The highest BCUT2D eigenvalue weighted by Gasteiger charge is 2.40. The summed E-state index contributed by atoms with van der Waals surface area (Å²) in [5.41, 5.74) is 1.49. The van der Waals surface area contributed by atoms with E-state index in [9.17, 15) is 14.7 Å². The lowest BCUT2D eigenvalue weighted by molar-refractivity contribution is -0.150. The fraction of sp³-hybridized carbons (Fsp3) is 0.462. The number of amides is 3. The molecule has 2 aliphatic rings.